The Hall–Kier alpha value is -0.610. The summed E-state index contributed by atoms with van der Waals surface area (Å²) in [4.78, 5) is 13.9. The van der Waals surface area contributed by atoms with Crippen molar-refractivity contribution in [2.45, 2.75) is 44.6 Å². The molecule has 2 aliphatic rings. The summed E-state index contributed by atoms with van der Waals surface area (Å²) in [5.41, 5.74) is 0. The lowest BCUT2D eigenvalue weighted by Gasteiger charge is -2.26. The van der Waals surface area contributed by atoms with Crippen LogP contribution in [-0.2, 0) is 4.79 Å². The molecule has 98 valence electrons. The first-order chi connectivity index (χ1) is 8.34. The maximum atomic E-state index is 11.4. The van der Waals surface area contributed by atoms with Gasteiger partial charge in [-0.2, -0.15) is 0 Å². The third-order valence-corrected chi connectivity index (χ3v) is 3.52. The lowest BCUT2D eigenvalue weighted by atomic mass is 10.1. The van der Waals surface area contributed by atoms with Crippen molar-refractivity contribution < 1.29 is 4.79 Å². The van der Waals surface area contributed by atoms with Crippen LogP contribution in [0.4, 0.5) is 0 Å². The molecule has 0 unspecified atom stereocenters. The number of hydrogen-bond acceptors (Lipinski definition) is 3. The van der Waals surface area contributed by atoms with E-state index in [1.54, 1.807) is 0 Å². The van der Waals surface area contributed by atoms with Gasteiger partial charge in [-0.1, -0.05) is 6.42 Å². The first kappa shape index (κ1) is 12.8. The van der Waals surface area contributed by atoms with E-state index in [-0.39, 0.29) is 5.91 Å². The van der Waals surface area contributed by atoms with Crippen molar-refractivity contribution in [1.29, 1.82) is 0 Å². The van der Waals surface area contributed by atoms with Crippen LogP contribution >= 0.6 is 0 Å². The molecule has 0 aromatic rings. The van der Waals surface area contributed by atoms with Crippen molar-refractivity contribution in [3.63, 3.8) is 0 Å². The van der Waals surface area contributed by atoms with Gasteiger partial charge < -0.3 is 15.5 Å². The molecule has 2 rings (SSSR count). The standard InChI is InChI=1S/C13H25N3O/c17-13(15-12-4-5-12)6-7-14-8-11-16-9-2-1-3-10-16/h12,14H,1-11H2,(H,15,17). The zero-order valence-electron chi connectivity index (χ0n) is 10.7. The highest BCUT2D eigenvalue weighted by atomic mass is 16.1. The van der Waals surface area contributed by atoms with Crippen LogP contribution in [0, 0.1) is 0 Å². The zero-order chi connectivity index (χ0) is 11.9. The Balaban J connectivity index is 1.41. The smallest absolute Gasteiger partial charge is 0.221 e. The second-order valence-electron chi connectivity index (χ2n) is 5.24. The van der Waals surface area contributed by atoms with Gasteiger partial charge in [0.05, 0.1) is 0 Å². The van der Waals surface area contributed by atoms with Gasteiger partial charge in [-0.15, -0.1) is 0 Å². The molecule has 1 amide bonds. The Bertz CT molecular complexity index is 235. The van der Waals surface area contributed by atoms with E-state index in [2.05, 4.69) is 15.5 Å². The van der Waals surface area contributed by atoms with Crippen molar-refractivity contribution in [2.75, 3.05) is 32.7 Å². The Kier molecular flexibility index (Phi) is 5.26. The molecule has 0 aromatic carbocycles. The summed E-state index contributed by atoms with van der Waals surface area (Å²) in [6.45, 7) is 5.46. The van der Waals surface area contributed by atoms with Gasteiger partial charge in [-0.3, -0.25) is 4.79 Å². The highest BCUT2D eigenvalue weighted by Crippen LogP contribution is 2.18. The van der Waals surface area contributed by atoms with Gasteiger partial charge in [0.15, 0.2) is 0 Å². The molecule has 2 N–H and O–H groups in total. The fraction of sp³-hybridized carbons (Fsp3) is 0.923. The quantitative estimate of drug-likeness (QED) is 0.644. The van der Waals surface area contributed by atoms with Crippen LogP contribution in [0.2, 0.25) is 0 Å². The van der Waals surface area contributed by atoms with Gasteiger partial charge in [0.1, 0.15) is 0 Å². The van der Waals surface area contributed by atoms with Crippen LogP contribution in [0.1, 0.15) is 38.5 Å². The van der Waals surface area contributed by atoms with E-state index in [9.17, 15) is 4.79 Å². The van der Waals surface area contributed by atoms with Crippen molar-refractivity contribution >= 4 is 5.91 Å². The number of nitrogens with one attached hydrogen (secondary N) is 2. The molecule has 1 aliphatic heterocycles. The average Bonchev–Trinajstić information content (AvgIpc) is 3.14. The van der Waals surface area contributed by atoms with Gasteiger partial charge in [0, 0.05) is 32.1 Å². The van der Waals surface area contributed by atoms with E-state index in [4.69, 9.17) is 0 Å². The fourth-order valence-corrected chi connectivity index (χ4v) is 2.27. The molecule has 2 fully saturated rings. The summed E-state index contributed by atoms with van der Waals surface area (Å²) in [6.07, 6.45) is 7.07. The zero-order valence-corrected chi connectivity index (χ0v) is 10.7. The van der Waals surface area contributed by atoms with Gasteiger partial charge >= 0.3 is 0 Å². The van der Waals surface area contributed by atoms with E-state index in [1.165, 1.54) is 45.2 Å². The largest absolute Gasteiger partial charge is 0.353 e. The second-order valence-corrected chi connectivity index (χ2v) is 5.24. The molecule has 4 heteroatoms. The van der Waals surface area contributed by atoms with Gasteiger partial charge in [-0.05, 0) is 38.8 Å². The third kappa shape index (κ3) is 5.50. The second kappa shape index (κ2) is 6.97. The Morgan fingerprint density at radius 1 is 1.12 bits per heavy atom. The van der Waals surface area contributed by atoms with Crippen LogP contribution in [-0.4, -0.2) is 49.6 Å². The molecule has 0 aromatic heterocycles. The van der Waals surface area contributed by atoms with Crippen LogP contribution in [0.25, 0.3) is 0 Å². The minimum absolute atomic E-state index is 0.206. The molecule has 0 radical (unpaired) electrons. The summed E-state index contributed by atoms with van der Waals surface area (Å²) in [5, 5.41) is 6.36. The van der Waals surface area contributed by atoms with Crippen molar-refractivity contribution in [3.8, 4) is 0 Å². The molecule has 0 spiro atoms. The number of hydrogen-bond donors (Lipinski definition) is 2. The van der Waals surface area contributed by atoms with Crippen molar-refractivity contribution in [3.05, 3.63) is 0 Å². The Morgan fingerprint density at radius 3 is 2.59 bits per heavy atom. The molecule has 1 saturated heterocycles. The molecule has 1 saturated carbocycles. The number of likely N-dealkylation sites (tertiary alicyclic amines) is 1. The number of amides is 1. The molecule has 0 bridgehead atoms. The number of nitrogens with zero attached hydrogens (tertiary/aromatic N) is 1. The lowest BCUT2D eigenvalue weighted by Crippen LogP contribution is -2.37. The predicted molar refractivity (Wildman–Crippen MR) is 68.9 cm³/mol. The van der Waals surface area contributed by atoms with Gasteiger partial charge in [0.2, 0.25) is 5.91 Å². The fourth-order valence-electron chi connectivity index (χ4n) is 2.27. The first-order valence-corrected chi connectivity index (χ1v) is 7.07. The molecule has 4 nitrogen and oxygen atoms in total. The molecular formula is C13H25N3O. The van der Waals surface area contributed by atoms with Gasteiger partial charge in [0.25, 0.3) is 0 Å². The van der Waals surface area contributed by atoms with E-state index < -0.39 is 0 Å². The molecular weight excluding hydrogens is 214 g/mol. The van der Waals surface area contributed by atoms with Crippen LogP contribution in [0.3, 0.4) is 0 Å². The number of carbonyl (C=O) groups is 1. The summed E-state index contributed by atoms with van der Waals surface area (Å²) in [7, 11) is 0. The third-order valence-electron chi connectivity index (χ3n) is 3.52. The highest BCUT2D eigenvalue weighted by Gasteiger charge is 2.22. The summed E-state index contributed by atoms with van der Waals surface area (Å²) in [6, 6.07) is 0.496. The summed E-state index contributed by atoms with van der Waals surface area (Å²) >= 11 is 0. The molecule has 0 atom stereocenters. The number of piperidine rings is 1. The highest BCUT2D eigenvalue weighted by molar-refractivity contribution is 5.76. The molecule has 1 aliphatic carbocycles. The Morgan fingerprint density at radius 2 is 1.88 bits per heavy atom. The van der Waals surface area contributed by atoms with Crippen molar-refractivity contribution in [1.82, 2.24) is 15.5 Å². The average molecular weight is 239 g/mol. The molecule has 1 heterocycles. The minimum Gasteiger partial charge on any atom is -0.353 e. The van der Waals surface area contributed by atoms with E-state index in [0.717, 1.165) is 19.6 Å². The van der Waals surface area contributed by atoms with E-state index in [1.807, 2.05) is 0 Å². The number of rotatable bonds is 7. The summed E-state index contributed by atoms with van der Waals surface area (Å²) < 4.78 is 0. The van der Waals surface area contributed by atoms with E-state index in [0.29, 0.717) is 12.5 Å². The predicted octanol–water partition coefficient (Wildman–Crippen LogP) is 0.731. The maximum absolute atomic E-state index is 11.4. The first-order valence-electron chi connectivity index (χ1n) is 7.07. The van der Waals surface area contributed by atoms with Crippen LogP contribution in [0.5, 0.6) is 0 Å². The SMILES string of the molecule is O=C(CCNCCN1CCCCC1)NC1CC1. The van der Waals surface area contributed by atoms with Crippen molar-refractivity contribution in [2.24, 2.45) is 0 Å². The maximum Gasteiger partial charge on any atom is 0.221 e. The number of carbonyl (C=O) groups excluding carboxylic acids is 1. The van der Waals surface area contributed by atoms with Crippen LogP contribution in [0.15, 0.2) is 0 Å². The van der Waals surface area contributed by atoms with Gasteiger partial charge in [-0.25, -0.2) is 0 Å². The monoisotopic (exact) mass is 239 g/mol. The lowest BCUT2D eigenvalue weighted by molar-refractivity contribution is -0.121. The molecule has 17 heavy (non-hydrogen) atoms. The summed E-state index contributed by atoms with van der Waals surface area (Å²) in [5.74, 6) is 0.206. The van der Waals surface area contributed by atoms with E-state index >= 15 is 0 Å². The normalized spacial score (nSPS) is 21.4. The van der Waals surface area contributed by atoms with Crippen LogP contribution < -0.4 is 10.6 Å². The minimum atomic E-state index is 0.206. The topological polar surface area (TPSA) is 44.4 Å². The Labute approximate surface area is 104 Å².